The van der Waals surface area contributed by atoms with Crippen molar-refractivity contribution < 1.29 is 9.53 Å². The lowest BCUT2D eigenvalue weighted by Crippen LogP contribution is -2.25. The summed E-state index contributed by atoms with van der Waals surface area (Å²) in [5.74, 6) is 3.64. The highest BCUT2D eigenvalue weighted by Crippen LogP contribution is 2.44. The summed E-state index contributed by atoms with van der Waals surface area (Å²) in [6, 6.07) is 12.9. The van der Waals surface area contributed by atoms with Crippen LogP contribution in [0.5, 0.6) is 5.75 Å². The summed E-state index contributed by atoms with van der Waals surface area (Å²) in [4.78, 5) is 12.4. The van der Waals surface area contributed by atoms with E-state index in [1.165, 1.54) is 82.6 Å². The first-order valence-electron chi connectivity index (χ1n) is 13.5. The van der Waals surface area contributed by atoms with Crippen LogP contribution in [0.4, 0.5) is 11.4 Å². The second-order valence-corrected chi connectivity index (χ2v) is 10.7. The van der Waals surface area contributed by atoms with Crippen molar-refractivity contribution >= 4 is 17.3 Å². The molecule has 2 aromatic rings. The normalized spacial score (nSPS) is 25.1. The minimum absolute atomic E-state index is 0.370. The molecule has 0 saturated heterocycles. The van der Waals surface area contributed by atoms with Crippen LogP contribution in [-0.2, 0) is 0 Å². The number of carbonyl (C=O) groups excluding carboxylic acids is 1. The number of nitrogens with two attached hydrogens (primary N) is 2. The molecule has 0 aliphatic heterocycles. The van der Waals surface area contributed by atoms with Crippen LogP contribution in [-0.4, -0.2) is 5.97 Å². The zero-order chi connectivity index (χ0) is 23.9. The van der Waals surface area contributed by atoms with E-state index in [0.29, 0.717) is 28.6 Å². The van der Waals surface area contributed by atoms with Crippen molar-refractivity contribution in [3.8, 4) is 5.75 Å². The fourth-order valence-corrected chi connectivity index (χ4v) is 6.32. The van der Waals surface area contributed by atoms with Crippen LogP contribution in [0.1, 0.15) is 106 Å². The summed E-state index contributed by atoms with van der Waals surface area (Å²) in [6.07, 6.45) is 16.8. The van der Waals surface area contributed by atoms with Gasteiger partial charge in [-0.25, -0.2) is 4.79 Å². The Morgan fingerprint density at radius 1 is 0.824 bits per heavy atom. The van der Waals surface area contributed by atoms with Crippen molar-refractivity contribution in [2.45, 2.75) is 89.9 Å². The third-order valence-electron chi connectivity index (χ3n) is 8.32. The number of hydrogen-bond donors (Lipinski definition) is 2. The first-order chi connectivity index (χ1) is 16.5. The van der Waals surface area contributed by atoms with E-state index < -0.39 is 5.97 Å². The van der Waals surface area contributed by atoms with E-state index in [4.69, 9.17) is 16.2 Å². The highest BCUT2D eigenvalue weighted by atomic mass is 16.5. The maximum atomic E-state index is 12.4. The Balaban J connectivity index is 1.23. The third kappa shape index (κ3) is 6.55. The van der Waals surface area contributed by atoms with Gasteiger partial charge in [0.2, 0.25) is 0 Å². The van der Waals surface area contributed by atoms with Gasteiger partial charge in [-0.3, -0.25) is 0 Å². The van der Waals surface area contributed by atoms with E-state index in [-0.39, 0.29) is 0 Å². The number of anilines is 2. The van der Waals surface area contributed by atoms with Crippen molar-refractivity contribution in [3.05, 3.63) is 53.6 Å². The highest BCUT2D eigenvalue weighted by molar-refractivity contribution is 5.93. The molecule has 2 saturated carbocycles. The molecule has 2 aromatic carbocycles. The predicted molar refractivity (Wildman–Crippen MR) is 141 cm³/mol. The first-order valence-corrected chi connectivity index (χ1v) is 13.5. The van der Waals surface area contributed by atoms with Crippen LogP contribution in [0, 0.1) is 17.8 Å². The molecule has 0 radical (unpaired) electrons. The van der Waals surface area contributed by atoms with Crippen molar-refractivity contribution in [1.29, 1.82) is 0 Å². The Labute approximate surface area is 205 Å². The molecule has 2 fully saturated rings. The summed E-state index contributed by atoms with van der Waals surface area (Å²) >= 11 is 0. The van der Waals surface area contributed by atoms with Gasteiger partial charge in [-0.2, -0.15) is 0 Å². The molecule has 4 nitrogen and oxygen atoms in total. The molecule has 0 heterocycles. The Bertz CT molecular complexity index is 903. The van der Waals surface area contributed by atoms with Crippen LogP contribution in [0.15, 0.2) is 42.5 Å². The third-order valence-corrected chi connectivity index (χ3v) is 8.32. The minimum atomic E-state index is -0.438. The number of ether oxygens (including phenoxy) is 1. The molecule has 0 aromatic heterocycles. The summed E-state index contributed by atoms with van der Waals surface area (Å²) < 4.78 is 5.54. The van der Waals surface area contributed by atoms with Crippen LogP contribution in [0.25, 0.3) is 0 Å². The lowest BCUT2D eigenvalue weighted by atomic mass is 9.68. The van der Waals surface area contributed by atoms with E-state index in [1.807, 2.05) is 12.1 Å². The molecule has 0 amide bonds. The van der Waals surface area contributed by atoms with E-state index in [9.17, 15) is 4.79 Å². The molecule has 2 aliphatic carbocycles. The maximum Gasteiger partial charge on any atom is 0.343 e. The Kier molecular flexibility index (Phi) is 8.53. The van der Waals surface area contributed by atoms with E-state index in [1.54, 1.807) is 18.2 Å². The average Bonchev–Trinajstić information content (AvgIpc) is 2.85. The largest absolute Gasteiger partial charge is 0.423 e. The smallest absolute Gasteiger partial charge is 0.343 e. The van der Waals surface area contributed by atoms with E-state index in [2.05, 4.69) is 19.1 Å². The number of carbonyl (C=O) groups is 1. The van der Waals surface area contributed by atoms with Crippen molar-refractivity contribution in [3.63, 3.8) is 0 Å². The summed E-state index contributed by atoms with van der Waals surface area (Å²) in [6.45, 7) is 2.30. The van der Waals surface area contributed by atoms with Gasteiger partial charge in [-0.05, 0) is 98.1 Å². The van der Waals surface area contributed by atoms with Crippen LogP contribution in [0.2, 0.25) is 0 Å². The fraction of sp³-hybridized carbons (Fsp3) is 0.567. The van der Waals surface area contributed by atoms with Crippen molar-refractivity contribution in [2.75, 3.05) is 11.5 Å². The average molecular weight is 463 g/mol. The Morgan fingerprint density at radius 3 is 2.00 bits per heavy atom. The monoisotopic (exact) mass is 462 g/mol. The van der Waals surface area contributed by atoms with Crippen LogP contribution < -0.4 is 16.2 Å². The first kappa shape index (κ1) is 24.6. The topological polar surface area (TPSA) is 78.3 Å². The van der Waals surface area contributed by atoms with Crippen LogP contribution in [0.3, 0.4) is 0 Å². The number of unbranched alkanes of at least 4 members (excludes halogenated alkanes) is 2. The summed E-state index contributed by atoms with van der Waals surface area (Å²) in [7, 11) is 0. The number of hydrogen-bond acceptors (Lipinski definition) is 4. The van der Waals surface area contributed by atoms with Gasteiger partial charge in [-0.1, -0.05) is 57.6 Å². The van der Waals surface area contributed by atoms with E-state index in [0.717, 1.165) is 17.8 Å². The molecule has 0 unspecified atom stereocenters. The highest BCUT2D eigenvalue weighted by Gasteiger charge is 2.31. The summed E-state index contributed by atoms with van der Waals surface area (Å²) in [5, 5.41) is 0. The standard InChI is InChI=1S/C30H42N2O2/c1-2-3-4-5-21-6-8-22(9-7-21)23-10-12-24(13-11-23)25-14-16-29(17-15-25)34-30(33)26-18-27(31)20-28(32)19-26/h14-24H,2-13,31-32H2,1H3. The summed E-state index contributed by atoms with van der Waals surface area (Å²) in [5.41, 5.74) is 14.2. The van der Waals surface area contributed by atoms with E-state index >= 15 is 0 Å². The molecule has 0 atom stereocenters. The van der Waals surface area contributed by atoms with Gasteiger partial charge in [-0.15, -0.1) is 0 Å². The lowest BCUT2D eigenvalue weighted by Gasteiger charge is -2.38. The molecule has 34 heavy (non-hydrogen) atoms. The van der Waals surface area contributed by atoms with Crippen molar-refractivity contribution in [1.82, 2.24) is 0 Å². The molecule has 0 spiro atoms. The molecule has 4 N–H and O–H groups in total. The molecule has 0 bridgehead atoms. The second-order valence-electron chi connectivity index (χ2n) is 10.7. The minimum Gasteiger partial charge on any atom is -0.423 e. The van der Waals surface area contributed by atoms with Gasteiger partial charge >= 0.3 is 5.97 Å². The molecular formula is C30H42N2O2. The number of benzene rings is 2. The van der Waals surface area contributed by atoms with Gasteiger partial charge in [0, 0.05) is 11.4 Å². The van der Waals surface area contributed by atoms with Gasteiger partial charge < -0.3 is 16.2 Å². The zero-order valence-corrected chi connectivity index (χ0v) is 20.8. The van der Waals surface area contributed by atoms with Crippen molar-refractivity contribution in [2.24, 2.45) is 17.8 Å². The maximum absolute atomic E-state index is 12.4. The van der Waals surface area contributed by atoms with Gasteiger partial charge in [0.25, 0.3) is 0 Å². The molecule has 4 rings (SSSR count). The van der Waals surface area contributed by atoms with Gasteiger partial charge in [0.15, 0.2) is 0 Å². The fourth-order valence-electron chi connectivity index (χ4n) is 6.32. The quantitative estimate of drug-likeness (QED) is 0.182. The number of nitrogen functional groups attached to an aromatic ring is 2. The number of rotatable bonds is 8. The molecule has 2 aliphatic rings. The zero-order valence-electron chi connectivity index (χ0n) is 20.8. The van der Waals surface area contributed by atoms with Gasteiger partial charge in [0.1, 0.15) is 5.75 Å². The van der Waals surface area contributed by atoms with Crippen LogP contribution >= 0.6 is 0 Å². The Morgan fingerprint density at radius 2 is 1.41 bits per heavy atom. The van der Waals surface area contributed by atoms with Gasteiger partial charge in [0.05, 0.1) is 5.56 Å². The lowest BCUT2D eigenvalue weighted by molar-refractivity contribution is 0.0735. The number of esters is 1. The molecular weight excluding hydrogens is 420 g/mol. The molecule has 4 heteroatoms. The Hall–Kier alpha value is -2.49. The predicted octanol–water partition coefficient (Wildman–Crippen LogP) is 7.73. The second kappa shape index (κ2) is 11.8. The SMILES string of the molecule is CCCCCC1CCC(C2CCC(c3ccc(OC(=O)c4cc(N)cc(N)c4)cc3)CC2)CC1. The molecule has 184 valence electrons.